The first-order chi connectivity index (χ1) is 23.0. The quantitative estimate of drug-likeness (QED) is 0.172. The molecule has 2 aromatic carbocycles. The van der Waals surface area contributed by atoms with E-state index in [0.717, 1.165) is 63.6 Å². The van der Waals surface area contributed by atoms with Crippen molar-refractivity contribution < 1.29 is 19.5 Å². The number of phenolic OH excluding ortho intramolecular Hbond substituents is 1. The Balaban J connectivity index is 1.21. The average molecular weight is 660 g/mol. The molecule has 2 aliphatic carbocycles. The molecule has 5 rings (SSSR count). The van der Waals surface area contributed by atoms with Crippen molar-refractivity contribution in [3.63, 3.8) is 0 Å². The minimum atomic E-state index is -0.692. The Labute approximate surface area is 286 Å². The van der Waals surface area contributed by atoms with Gasteiger partial charge in [-0.2, -0.15) is 0 Å². The number of hydrogen-bond acceptors (Lipinski definition) is 6. The molecule has 9 nitrogen and oxygen atoms in total. The molecule has 3 aliphatic rings. The Bertz CT molecular complexity index is 1430. The Morgan fingerprint density at radius 2 is 1.79 bits per heavy atom. The van der Waals surface area contributed by atoms with Gasteiger partial charge in [-0.05, 0) is 104 Å². The minimum Gasteiger partial charge on any atom is -0.508 e. The Kier molecular flexibility index (Phi) is 11.5. The van der Waals surface area contributed by atoms with E-state index in [1.165, 1.54) is 11.1 Å². The SMILES string of the molecule is CC(C)CC(NC(=O)CNC(=O)[C@]1(c2ccccc2)CC1CN1CC[C@@]2(C)c3cc(O)ccc3CC1C2C)C(=O)NCCCCCCN. The highest BCUT2D eigenvalue weighted by molar-refractivity contribution is 5.95. The van der Waals surface area contributed by atoms with Crippen LogP contribution in [0.5, 0.6) is 5.75 Å². The number of nitrogens with one attached hydrogen (secondary N) is 3. The highest BCUT2D eigenvalue weighted by atomic mass is 16.3. The van der Waals surface area contributed by atoms with Gasteiger partial charge in [0, 0.05) is 19.1 Å². The van der Waals surface area contributed by atoms with Gasteiger partial charge in [-0.25, -0.2) is 0 Å². The van der Waals surface area contributed by atoms with E-state index >= 15 is 0 Å². The van der Waals surface area contributed by atoms with E-state index in [4.69, 9.17) is 5.73 Å². The van der Waals surface area contributed by atoms with E-state index < -0.39 is 11.5 Å². The second-order valence-electron chi connectivity index (χ2n) is 15.2. The minimum absolute atomic E-state index is 0.00704. The van der Waals surface area contributed by atoms with Crippen LogP contribution in [0.2, 0.25) is 0 Å². The van der Waals surface area contributed by atoms with Gasteiger partial charge >= 0.3 is 0 Å². The molecule has 1 aliphatic heterocycles. The van der Waals surface area contributed by atoms with Gasteiger partial charge in [0.1, 0.15) is 11.8 Å². The maximum absolute atomic E-state index is 14.0. The molecule has 6 N–H and O–H groups in total. The van der Waals surface area contributed by atoms with E-state index in [-0.39, 0.29) is 41.5 Å². The third kappa shape index (κ3) is 7.73. The molecule has 1 saturated carbocycles. The first-order valence-electron chi connectivity index (χ1n) is 18.2. The van der Waals surface area contributed by atoms with E-state index in [1.807, 2.05) is 50.2 Å². The summed E-state index contributed by atoms with van der Waals surface area (Å²) >= 11 is 0. The molecule has 6 atom stereocenters. The summed E-state index contributed by atoms with van der Waals surface area (Å²) in [7, 11) is 0. The standard InChI is InChI=1S/C39H57N5O4/c1-26(2)20-33(36(47)41-18-11-6-5-10-17-40)43-35(46)24-42-37(48)39(29-12-8-7-9-13-29)23-30(39)25-44-19-16-38(4)27(3)34(44)21-28-14-15-31(45)22-32(28)38/h7-9,12-15,22,26-27,30,33-34,45H,5-6,10-11,16-21,23-25,40H2,1-4H3,(H,41,47)(H,42,48)(H,43,46)/t27?,30?,33?,34?,38-,39+/m1/s1. The van der Waals surface area contributed by atoms with Crippen molar-refractivity contribution in [1.82, 2.24) is 20.9 Å². The Hall–Kier alpha value is -3.43. The predicted octanol–water partition coefficient (Wildman–Crippen LogP) is 4.16. The second-order valence-corrected chi connectivity index (χ2v) is 15.2. The fourth-order valence-corrected chi connectivity index (χ4v) is 8.48. The van der Waals surface area contributed by atoms with Crippen molar-refractivity contribution in [2.75, 3.05) is 32.7 Å². The molecule has 3 amide bonds. The highest BCUT2D eigenvalue weighted by Crippen LogP contribution is 2.56. The van der Waals surface area contributed by atoms with Gasteiger partial charge in [-0.15, -0.1) is 0 Å². The summed E-state index contributed by atoms with van der Waals surface area (Å²) in [6.07, 6.45) is 7.09. The molecule has 1 saturated heterocycles. The number of carbonyl (C=O) groups excluding carboxylic acids is 3. The lowest BCUT2D eigenvalue weighted by Crippen LogP contribution is -2.58. The van der Waals surface area contributed by atoms with Crippen LogP contribution in [0.1, 0.15) is 89.3 Å². The molecule has 0 radical (unpaired) electrons. The summed E-state index contributed by atoms with van der Waals surface area (Å²) in [5, 5.41) is 19.1. The first kappa shape index (κ1) is 35.9. The zero-order chi connectivity index (χ0) is 34.5. The average Bonchev–Trinajstić information content (AvgIpc) is 3.79. The first-order valence-corrected chi connectivity index (χ1v) is 18.2. The third-order valence-corrected chi connectivity index (χ3v) is 11.6. The van der Waals surface area contributed by atoms with Crippen LogP contribution in [0, 0.1) is 17.8 Å². The summed E-state index contributed by atoms with van der Waals surface area (Å²) < 4.78 is 0. The van der Waals surface area contributed by atoms with Crippen molar-refractivity contribution in [1.29, 1.82) is 0 Å². The van der Waals surface area contributed by atoms with E-state index in [2.05, 4.69) is 40.8 Å². The topological polar surface area (TPSA) is 137 Å². The third-order valence-electron chi connectivity index (χ3n) is 11.6. The summed E-state index contributed by atoms with van der Waals surface area (Å²) in [5.74, 6) is 0.421. The molecule has 0 spiro atoms. The number of rotatable bonds is 16. The zero-order valence-corrected chi connectivity index (χ0v) is 29.4. The number of piperidine rings is 1. The van der Waals surface area contributed by atoms with Gasteiger partial charge in [0.25, 0.3) is 0 Å². The van der Waals surface area contributed by atoms with Crippen LogP contribution >= 0.6 is 0 Å². The summed E-state index contributed by atoms with van der Waals surface area (Å²) in [6.45, 7) is 11.6. The fraction of sp³-hybridized carbons (Fsp3) is 0.615. The molecule has 2 fully saturated rings. The molecule has 9 heteroatoms. The molecular weight excluding hydrogens is 602 g/mol. The predicted molar refractivity (Wildman–Crippen MR) is 189 cm³/mol. The number of nitrogens with zero attached hydrogens (tertiary/aromatic N) is 1. The summed E-state index contributed by atoms with van der Waals surface area (Å²) in [4.78, 5) is 42.7. The van der Waals surface area contributed by atoms with E-state index in [9.17, 15) is 19.5 Å². The number of nitrogens with two attached hydrogens (primary N) is 1. The molecular formula is C39H57N5O4. The number of unbranched alkanes of at least 4 members (excludes halogenated alkanes) is 3. The zero-order valence-electron chi connectivity index (χ0n) is 29.4. The number of fused-ring (bicyclic) bond motifs is 4. The van der Waals surface area contributed by atoms with E-state index in [1.54, 1.807) is 6.07 Å². The van der Waals surface area contributed by atoms with Gasteiger partial charge < -0.3 is 26.8 Å². The molecule has 4 unspecified atom stereocenters. The monoisotopic (exact) mass is 659 g/mol. The molecule has 2 aromatic rings. The smallest absolute Gasteiger partial charge is 0.242 e. The van der Waals surface area contributed by atoms with Crippen molar-refractivity contribution in [2.24, 2.45) is 23.5 Å². The van der Waals surface area contributed by atoms with E-state index in [0.29, 0.717) is 37.2 Å². The summed E-state index contributed by atoms with van der Waals surface area (Å²) in [5.41, 5.74) is 8.45. The van der Waals surface area contributed by atoms with Crippen molar-refractivity contribution in [3.05, 3.63) is 65.2 Å². The fourth-order valence-electron chi connectivity index (χ4n) is 8.48. The lowest BCUT2D eigenvalue weighted by Gasteiger charge is -2.55. The number of aromatic hydroxyl groups is 1. The second kappa shape index (κ2) is 15.4. The lowest BCUT2D eigenvalue weighted by atomic mass is 9.59. The number of carbonyl (C=O) groups is 3. The number of phenols is 1. The van der Waals surface area contributed by atoms with Crippen LogP contribution in [0.25, 0.3) is 0 Å². The van der Waals surface area contributed by atoms with Crippen molar-refractivity contribution in [3.8, 4) is 5.75 Å². The number of benzene rings is 2. The van der Waals surface area contributed by atoms with Crippen LogP contribution < -0.4 is 21.7 Å². The molecule has 0 aromatic heterocycles. The molecule has 1 heterocycles. The number of hydrogen-bond donors (Lipinski definition) is 5. The van der Waals surface area contributed by atoms with Crippen molar-refractivity contribution >= 4 is 17.7 Å². The molecule has 262 valence electrons. The largest absolute Gasteiger partial charge is 0.508 e. The number of amides is 3. The van der Waals surface area contributed by atoms with Crippen LogP contribution in [0.15, 0.2) is 48.5 Å². The van der Waals surface area contributed by atoms with Gasteiger partial charge in [0.05, 0.1) is 12.0 Å². The Morgan fingerprint density at radius 3 is 2.52 bits per heavy atom. The Morgan fingerprint density at radius 1 is 1.04 bits per heavy atom. The van der Waals surface area contributed by atoms with Crippen LogP contribution in [-0.2, 0) is 31.6 Å². The van der Waals surface area contributed by atoms with Gasteiger partial charge in [0.15, 0.2) is 0 Å². The van der Waals surface area contributed by atoms with Gasteiger partial charge in [0.2, 0.25) is 17.7 Å². The van der Waals surface area contributed by atoms with Crippen LogP contribution in [0.3, 0.4) is 0 Å². The van der Waals surface area contributed by atoms with Crippen molar-refractivity contribution in [2.45, 2.75) is 102 Å². The van der Waals surface area contributed by atoms with Crippen LogP contribution in [0.4, 0.5) is 0 Å². The maximum Gasteiger partial charge on any atom is 0.242 e. The number of likely N-dealkylation sites (tertiary alicyclic amines) is 1. The lowest BCUT2D eigenvalue weighted by molar-refractivity contribution is -0.130. The highest BCUT2D eigenvalue weighted by Gasteiger charge is 2.62. The van der Waals surface area contributed by atoms with Gasteiger partial charge in [-0.3, -0.25) is 19.3 Å². The summed E-state index contributed by atoms with van der Waals surface area (Å²) in [6, 6.07) is 15.5. The maximum atomic E-state index is 14.0. The normalized spacial score (nSPS) is 26.8. The van der Waals surface area contributed by atoms with Gasteiger partial charge in [-0.1, -0.05) is 76.9 Å². The molecule has 2 bridgehead atoms. The molecule has 48 heavy (non-hydrogen) atoms. The van der Waals surface area contributed by atoms with Crippen LogP contribution in [-0.4, -0.2) is 72.5 Å².